The molecule has 0 radical (unpaired) electrons. The van der Waals surface area contributed by atoms with Gasteiger partial charge in [-0.1, -0.05) is 0 Å². The number of nitrogens with one attached hydrogen (secondary N) is 1. The number of furan rings is 1. The second-order valence-electron chi connectivity index (χ2n) is 4.11. The van der Waals surface area contributed by atoms with Crippen LogP contribution in [0.2, 0.25) is 0 Å². The van der Waals surface area contributed by atoms with Gasteiger partial charge in [0, 0.05) is 6.04 Å². The predicted octanol–water partition coefficient (Wildman–Crippen LogP) is 2.97. The summed E-state index contributed by atoms with van der Waals surface area (Å²) in [5.41, 5.74) is 1.30. The quantitative estimate of drug-likeness (QED) is 0.644. The van der Waals surface area contributed by atoms with Crippen molar-refractivity contribution in [2.24, 2.45) is 0 Å². The van der Waals surface area contributed by atoms with Crippen LogP contribution in [0.25, 0.3) is 0 Å². The smallest absolute Gasteiger partial charge is 0.404 e. The van der Waals surface area contributed by atoms with E-state index in [1.165, 1.54) is 11.6 Å². The fourth-order valence-electron chi connectivity index (χ4n) is 1.67. The predicted molar refractivity (Wildman–Crippen MR) is 69.7 cm³/mol. The molecule has 0 bridgehead atoms. The van der Waals surface area contributed by atoms with E-state index in [0.717, 1.165) is 6.42 Å². The monoisotopic (exact) mass is 266 g/mol. The molecule has 5 nitrogen and oxygen atoms in total. The Balaban J connectivity index is 1.81. The minimum absolute atomic E-state index is 0.211. The molecule has 6 heteroatoms. The first-order valence-corrected chi connectivity index (χ1v) is 6.57. The third kappa shape index (κ3) is 3.41. The van der Waals surface area contributed by atoms with Gasteiger partial charge in [-0.25, -0.2) is 0 Å². The van der Waals surface area contributed by atoms with Gasteiger partial charge >= 0.3 is 5.88 Å². The summed E-state index contributed by atoms with van der Waals surface area (Å²) >= 11 is 1.68. The maximum Gasteiger partial charge on any atom is 0.433 e. The highest BCUT2D eigenvalue weighted by molar-refractivity contribution is 7.07. The van der Waals surface area contributed by atoms with Crippen molar-refractivity contribution in [3.8, 4) is 0 Å². The Kier molecular flexibility index (Phi) is 4.11. The van der Waals surface area contributed by atoms with Crippen molar-refractivity contribution in [3.05, 3.63) is 50.4 Å². The zero-order valence-corrected chi connectivity index (χ0v) is 10.8. The van der Waals surface area contributed by atoms with E-state index in [-0.39, 0.29) is 5.88 Å². The molecule has 0 saturated carbocycles. The molecular weight excluding hydrogens is 252 g/mol. The number of nitro groups is 1. The van der Waals surface area contributed by atoms with E-state index in [1.54, 1.807) is 17.4 Å². The fourth-order valence-corrected chi connectivity index (χ4v) is 2.35. The summed E-state index contributed by atoms with van der Waals surface area (Å²) in [5.74, 6) is 0.371. The van der Waals surface area contributed by atoms with Crippen molar-refractivity contribution in [2.75, 3.05) is 0 Å². The number of rotatable bonds is 6. The van der Waals surface area contributed by atoms with E-state index in [9.17, 15) is 10.1 Å². The Morgan fingerprint density at radius 2 is 2.33 bits per heavy atom. The van der Waals surface area contributed by atoms with E-state index in [2.05, 4.69) is 29.1 Å². The van der Waals surface area contributed by atoms with Gasteiger partial charge < -0.3 is 9.73 Å². The lowest BCUT2D eigenvalue weighted by Gasteiger charge is -2.11. The average Bonchev–Trinajstić information content (AvgIpc) is 2.96. The maximum absolute atomic E-state index is 10.5. The first-order chi connectivity index (χ1) is 8.65. The molecular formula is C12H14N2O3S. The third-order valence-electron chi connectivity index (χ3n) is 2.57. The summed E-state index contributed by atoms with van der Waals surface area (Å²) in [5, 5.41) is 17.9. The molecule has 2 aromatic heterocycles. The van der Waals surface area contributed by atoms with Crippen molar-refractivity contribution in [1.29, 1.82) is 0 Å². The lowest BCUT2D eigenvalue weighted by molar-refractivity contribution is -0.402. The molecule has 0 spiro atoms. The van der Waals surface area contributed by atoms with Crippen LogP contribution in [0.1, 0.15) is 18.2 Å². The highest BCUT2D eigenvalue weighted by Crippen LogP contribution is 2.15. The topological polar surface area (TPSA) is 68.3 Å². The summed E-state index contributed by atoms with van der Waals surface area (Å²) in [7, 11) is 0. The molecule has 1 N–H and O–H groups in total. The van der Waals surface area contributed by atoms with Gasteiger partial charge in [0.25, 0.3) is 0 Å². The summed E-state index contributed by atoms with van der Waals surface area (Å²) in [6.45, 7) is 2.58. The molecule has 96 valence electrons. The van der Waals surface area contributed by atoms with Crippen LogP contribution >= 0.6 is 11.3 Å². The first kappa shape index (κ1) is 12.8. The zero-order valence-electron chi connectivity index (χ0n) is 9.96. The largest absolute Gasteiger partial charge is 0.433 e. The number of hydrogen-bond donors (Lipinski definition) is 1. The van der Waals surface area contributed by atoms with Gasteiger partial charge in [-0.05, 0) is 41.8 Å². The van der Waals surface area contributed by atoms with Gasteiger partial charge in [-0.2, -0.15) is 11.3 Å². The van der Waals surface area contributed by atoms with Crippen LogP contribution in [-0.2, 0) is 13.0 Å². The van der Waals surface area contributed by atoms with E-state index >= 15 is 0 Å². The van der Waals surface area contributed by atoms with Gasteiger partial charge in [-0.3, -0.25) is 10.1 Å². The van der Waals surface area contributed by atoms with Crippen LogP contribution in [0, 0.1) is 10.1 Å². The Labute approximate surface area is 109 Å². The highest BCUT2D eigenvalue weighted by atomic mass is 32.1. The summed E-state index contributed by atoms with van der Waals surface area (Å²) in [6, 6.07) is 5.40. The fraction of sp³-hybridized carbons (Fsp3) is 0.333. The summed E-state index contributed by atoms with van der Waals surface area (Å²) < 4.78 is 5.07. The number of hydrogen-bond acceptors (Lipinski definition) is 5. The van der Waals surface area contributed by atoms with Gasteiger partial charge in [0.2, 0.25) is 0 Å². The minimum atomic E-state index is -0.529. The third-order valence-corrected chi connectivity index (χ3v) is 3.31. The molecule has 0 aliphatic rings. The number of thiophene rings is 1. The Morgan fingerprint density at radius 1 is 1.50 bits per heavy atom. The SMILES string of the molecule is CC(Cc1ccsc1)NCc1ccc([N+](=O)[O-])o1. The lowest BCUT2D eigenvalue weighted by atomic mass is 10.1. The standard InChI is InChI=1S/C12H14N2O3S/c1-9(6-10-4-5-18-8-10)13-7-11-2-3-12(17-11)14(15)16/h2-5,8-9,13H,6-7H2,1H3. The van der Waals surface area contributed by atoms with Crippen molar-refractivity contribution in [3.63, 3.8) is 0 Å². The lowest BCUT2D eigenvalue weighted by Crippen LogP contribution is -2.27. The molecule has 0 amide bonds. The van der Waals surface area contributed by atoms with Crippen molar-refractivity contribution >= 4 is 17.2 Å². The van der Waals surface area contributed by atoms with Crippen LogP contribution in [0.4, 0.5) is 5.88 Å². The van der Waals surface area contributed by atoms with E-state index in [1.807, 2.05) is 0 Å². The van der Waals surface area contributed by atoms with Gasteiger partial charge in [-0.15, -0.1) is 0 Å². The second-order valence-corrected chi connectivity index (χ2v) is 4.89. The normalized spacial score (nSPS) is 12.5. The van der Waals surface area contributed by atoms with E-state index in [4.69, 9.17) is 4.42 Å². The second kappa shape index (κ2) is 5.79. The molecule has 2 rings (SSSR count). The molecule has 0 aromatic carbocycles. The Hall–Kier alpha value is -1.66. The van der Waals surface area contributed by atoms with Crippen molar-refractivity contribution in [1.82, 2.24) is 5.32 Å². The highest BCUT2D eigenvalue weighted by Gasteiger charge is 2.12. The number of nitrogens with zero attached hydrogens (tertiary/aromatic N) is 1. The Bertz CT molecular complexity index is 507. The van der Waals surface area contributed by atoms with Crippen molar-refractivity contribution < 1.29 is 9.34 Å². The van der Waals surface area contributed by atoms with Gasteiger partial charge in [0.05, 0.1) is 12.6 Å². The van der Waals surface area contributed by atoms with Gasteiger partial charge in [0.15, 0.2) is 0 Å². The van der Waals surface area contributed by atoms with Crippen LogP contribution in [0.5, 0.6) is 0 Å². The molecule has 2 heterocycles. The van der Waals surface area contributed by atoms with E-state index in [0.29, 0.717) is 18.3 Å². The maximum atomic E-state index is 10.5. The summed E-state index contributed by atoms with van der Waals surface area (Å²) in [6.07, 6.45) is 0.937. The van der Waals surface area contributed by atoms with E-state index < -0.39 is 4.92 Å². The first-order valence-electron chi connectivity index (χ1n) is 5.62. The zero-order chi connectivity index (χ0) is 13.0. The molecule has 2 aromatic rings. The van der Waals surface area contributed by atoms with Crippen LogP contribution < -0.4 is 5.32 Å². The molecule has 0 fully saturated rings. The van der Waals surface area contributed by atoms with Crippen LogP contribution in [0.15, 0.2) is 33.4 Å². The molecule has 1 atom stereocenters. The van der Waals surface area contributed by atoms with Crippen molar-refractivity contribution in [2.45, 2.75) is 25.9 Å². The molecule has 0 aliphatic carbocycles. The van der Waals surface area contributed by atoms with Gasteiger partial charge in [0.1, 0.15) is 10.7 Å². The molecule has 18 heavy (non-hydrogen) atoms. The van der Waals surface area contributed by atoms with Crippen LogP contribution in [-0.4, -0.2) is 11.0 Å². The summed E-state index contributed by atoms with van der Waals surface area (Å²) in [4.78, 5) is 9.93. The average molecular weight is 266 g/mol. The minimum Gasteiger partial charge on any atom is -0.404 e. The molecule has 1 unspecified atom stereocenters. The Morgan fingerprint density at radius 3 is 2.94 bits per heavy atom. The van der Waals surface area contributed by atoms with Crippen LogP contribution in [0.3, 0.4) is 0 Å². The molecule has 0 aliphatic heterocycles. The molecule has 0 saturated heterocycles.